The second kappa shape index (κ2) is 5.74. The average Bonchev–Trinajstić information content (AvgIpc) is 2.36. The van der Waals surface area contributed by atoms with Gasteiger partial charge in [-0.05, 0) is 32.0 Å². The molecule has 1 aromatic carbocycles. The molecule has 0 saturated heterocycles. The van der Waals surface area contributed by atoms with Crippen LogP contribution < -0.4 is 5.32 Å². The van der Waals surface area contributed by atoms with E-state index < -0.39 is 0 Å². The van der Waals surface area contributed by atoms with Crippen molar-refractivity contribution >= 4 is 0 Å². The van der Waals surface area contributed by atoms with Gasteiger partial charge in [0.1, 0.15) is 5.82 Å². The maximum absolute atomic E-state index is 4.52. The Balaban J connectivity index is 2.39. The molecular weight excluding hydrogens is 222 g/mol. The lowest BCUT2D eigenvalue weighted by Crippen LogP contribution is -2.23. The maximum atomic E-state index is 4.52. The molecule has 0 saturated carbocycles. The Morgan fingerprint density at radius 2 is 2.06 bits per heavy atom. The Morgan fingerprint density at radius 1 is 1.22 bits per heavy atom. The van der Waals surface area contributed by atoms with Gasteiger partial charge in [-0.15, -0.1) is 0 Å². The molecule has 0 aliphatic carbocycles. The molecule has 0 radical (unpaired) electrons. The quantitative estimate of drug-likeness (QED) is 0.894. The van der Waals surface area contributed by atoms with Crippen molar-refractivity contribution in [3.05, 3.63) is 59.2 Å². The van der Waals surface area contributed by atoms with Crippen LogP contribution in [0, 0.1) is 13.8 Å². The predicted octanol–water partition coefficient (Wildman–Crippen LogP) is 2.79. The van der Waals surface area contributed by atoms with Gasteiger partial charge in [-0.25, -0.2) is 9.97 Å². The van der Waals surface area contributed by atoms with Crippen molar-refractivity contribution in [1.82, 2.24) is 15.3 Å². The molecule has 0 spiro atoms. The highest BCUT2D eigenvalue weighted by atomic mass is 15.0. The molecule has 0 amide bonds. The lowest BCUT2D eigenvalue weighted by Gasteiger charge is -2.18. The minimum absolute atomic E-state index is 0.136. The minimum Gasteiger partial charge on any atom is -0.305 e. The van der Waals surface area contributed by atoms with Crippen LogP contribution in [0.5, 0.6) is 0 Å². The van der Waals surface area contributed by atoms with E-state index in [1.54, 1.807) is 0 Å². The molecule has 94 valence electrons. The Bertz CT molecular complexity index is 477. The number of nitrogens with one attached hydrogen (secondary N) is 1. The summed E-state index contributed by atoms with van der Waals surface area (Å²) >= 11 is 0. The number of hydrogen-bond acceptors (Lipinski definition) is 3. The standard InChI is InChI=1S/C15H19N3/c1-4-16-15(13-7-5-6-11(2)10-13)14-8-9-17-12(3)18-14/h5-10,15-16H,4H2,1-3H3. The lowest BCUT2D eigenvalue weighted by atomic mass is 10.0. The molecule has 3 heteroatoms. The highest BCUT2D eigenvalue weighted by Crippen LogP contribution is 2.20. The van der Waals surface area contributed by atoms with Crippen LogP contribution in [0.4, 0.5) is 0 Å². The van der Waals surface area contributed by atoms with Gasteiger partial charge in [0.2, 0.25) is 0 Å². The number of aryl methyl sites for hydroxylation is 2. The van der Waals surface area contributed by atoms with Gasteiger partial charge >= 0.3 is 0 Å². The molecule has 1 aromatic heterocycles. The molecule has 0 fully saturated rings. The number of hydrogen-bond donors (Lipinski definition) is 1. The van der Waals surface area contributed by atoms with Gasteiger partial charge in [-0.1, -0.05) is 36.8 Å². The number of aromatic nitrogens is 2. The first-order valence-electron chi connectivity index (χ1n) is 6.30. The van der Waals surface area contributed by atoms with Crippen molar-refractivity contribution in [3.63, 3.8) is 0 Å². The van der Waals surface area contributed by atoms with Gasteiger partial charge in [0.05, 0.1) is 11.7 Å². The zero-order chi connectivity index (χ0) is 13.0. The van der Waals surface area contributed by atoms with Crippen LogP contribution in [-0.4, -0.2) is 16.5 Å². The first-order valence-corrected chi connectivity index (χ1v) is 6.30. The third-order valence-corrected chi connectivity index (χ3v) is 2.88. The number of benzene rings is 1. The van der Waals surface area contributed by atoms with Gasteiger partial charge in [-0.2, -0.15) is 0 Å². The summed E-state index contributed by atoms with van der Waals surface area (Å²) in [6.07, 6.45) is 1.82. The molecule has 18 heavy (non-hydrogen) atoms. The lowest BCUT2D eigenvalue weighted by molar-refractivity contribution is 0.611. The summed E-state index contributed by atoms with van der Waals surface area (Å²) in [6, 6.07) is 10.6. The van der Waals surface area contributed by atoms with E-state index in [2.05, 4.69) is 53.4 Å². The zero-order valence-electron chi connectivity index (χ0n) is 11.1. The molecule has 1 unspecified atom stereocenters. The molecule has 1 N–H and O–H groups in total. The molecule has 2 rings (SSSR count). The molecule has 1 atom stereocenters. The Kier molecular flexibility index (Phi) is 4.05. The first-order chi connectivity index (χ1) is 8.70. The van der Waals surface area contributed by atoms with E-state index in [9.17, 15) is 0 Å². The number of nitrogens with zero attached hydrogens (tertiary/aromatic N) is 2. The summed E-state index contributed by atoms with van der Waals surface area (Å²) in [5.74, 6) is 0.808. The molecular formula is C15H19N3. The summed E-state index contributed by atoms with van der Waals surface area (Å²) < 4.78 is 0. The molecule has 1 heterocycles. The normalized spacial score (nSPS) is 12.4. The second-order valence-electron chi connectivity index (χ2n) is 4.43. The Hall–Kier alpha value is -1.74. The molecule has 2 aromatic rings. The number of rotatable bonds is 4. The SMILES string of the molecule is CCNC(c1cccc(C)c1)c1ccnc(C)n1. The Labute approximate surface area is 108 Å². The van der Waals surface area contributed by atoms with Crippen molar-refractivity contribution in [1.29, 1.82) is 0 Å². The summed E-state index contributed by atoms with van der Waals surface area (Å²) in [6.45, 7) is 7.04. The van der Waals surface area contributed by atoms with Crippen molar-refractivity contribution in [2.45, 2.75) is 26.8 Å². The van der Waals surface area contributed by atoms with Crippen LogP contribution in [0.15, 0.2) is 36.5 Å². The van der Waals surface area contributed by atoms with Gasteiger partial charge in [0.25, 0.3) is 0 Å². The van der Waals surface area contributed by atoms with Crippen molar-refractivity contribution < 1.29 is 0 Å². The van der Waals surface area contributed by atoms with E-state index in [0.717, 1.165) is 18.1 Å². The maximum Gasteiger partial charge on any atom is 0.125 e. The van der Waals surface area contributed by atoms with Crippen molar-refractivity contribution in [2.24, 2.45) is 0 Å². The van der Waals surface area contributed by atoms with E-state index >= 15 is 0 Å². The summed E-state index contributed by atoms with van der Waals surface area (Å²) in [4.78, 5) is 8.68. The molecule has 0 aliphatic heterocycles. The fraction of sp³-hybridized carbons (Fsp3) is 0.333. The molecule has 3 nitrogen and oxygen atoms in total. The topological polar surface area (TPSA) is 37.8 Å². The van der Waals surface area contributed by atoms with E-state index in [4.69, 9.17) is 0 Å². The second-order valence-corrected chi connectivity index (χ2v) is 4.43. The fourth-order valence-electron chi connectivity index (χ4n) is 2.08. The van der Waals surface area contributed by atoms with E-state index in [0.29, 0.717) is 0 Å². The van der Waals surface area contributed by atoms with Crippen LogP contribution in [0.2, 0.25) is 0 Å². The summed E-state index contributed by atoms with van der Waals surface area (Å²) in [5.41, 5.74) is 3.53. The van der Waals surface area contributed by atoms with Crippen molar-refractivity contribution in [3.8, 4) is 0 Å². The summed E-state index contributed by atoms with van der Waals surface area (Å²) in [7, 11) is 0. The van der Waals surface area contributed by atoms with E-state index in [1.165, 1.54) is 11.1 Å². The third-order valence-electron chi connectivity index (χ3n) is 2.88. The highest BCUT2D eigenvalue weighted by Gasteiger charge is 2.14. The van der Waals surface area contributed by atoms with Crippen LogP contribution in [-0.2, 0) is 0 Å². The van der Waals surface area contributed by atoms with Crippen molar-refractivity contribution in [2.75, 3.05) is 6.54 Å². The smallest absolute Gasteiger partial charge is 0.125 e. The third kappa shape index (κ3) is 2.93. The fourth-order valence-corrected chi connectivity index (χ4v) is 2.08. The van der Waals surface area contributed by atoms with Gasteiger partial charge in [-0.3, -0.25) is 0 Å². The summed E-state index contributed by atoms with van der Waals surface area (Å²) in [5, 5.41) is 3.48. The Morgan fingerprint density at radius 3 is 2.72 bits per heavy atom. The van der Waals surface area contributed by atoms with E-state index in [1.807, 2.05) is 19.2 Å². The van der Waals surface area contributed by atoms with Gasteiger partial charge in [0, 0.05) is 6.20 Å². The highest BCUT2D eigenvalue weighted by molar-refractivity contribution is 5.30. The minimum atomic E-state index is 0.136. The van der Waals surface area contributed by atoms with Gasteiger partial charge in [0.15, 0.2) is 0 Å². The molecule has 0 bridgehead atoms. The van der Waals surface area contributed by atoms with Crippen LogP contribution in [0.25, 0.3) is 0 Å². The van der Waals surface area contributed by atoms with Crippen LogP contribution in [0.1, 0.15) is 35.6 Å². The largest absolute Gasteiger partial charge is 0.305 e. The monoisotopic (exact) mass is 241 g/mol. The van der Waals surface area contributed by atoms with Crippen LogP contribution in [0.3, 0.4) is 0 Å². The first kappa shape index (κ1) is 12.7. The van der Waals surface area contributed by atoms with Gasteiger partial charge < -0.3 is 5.32 Å². The predicted molar refractivity (Wildman–Crippen MR) is 73.5 cm³/mol. The van der Waals surface area contributed by atoms with Crippen LogP contribution >= 0.6 is 0 Å². The molecule has 0 aliphatic rings. The van der Waals surface area contributed by atoms with E-state index in [-0.39, 0.29) is 6.04 Å². The zero-order valence-corrected chi connectivity index (χ0v) is 11.1. The average molecular weight is 241 g/mol.